The highest BCUT2D eigenvalue weighted by molar-refractivity contribution is 5.91. The van der Waals surface area contributed by atoms with Crippen LogP contribution in [0.2, 0.25) is 0 Å². The largest absolute Gasteiger partial charge is 0.493 e. The molecule has 3 aromatic rings. The molecule has 0 saturated carbocycles. The zero-order chi connectivity index (χ0) is 22.0. The Morgan fingerprint density at radius 2 is 1.65 bits per heavy atom. The van der Waals surface area contributed by atoms with Crippen molar-refractivity contribution in [1.29, 1.82) is 0 Å². The topological polar surface area (TPSA) is 93.8 Å². The molecule has 2 heterocycles. The molecule has 0 atom stereocenters. The number of carbonyl (C=O) groups excluding carboxylic acids is 1. The minimum absolute atomic E-state index is 0.138. The molecule has 31 heavy (non-hydrogen) atoms. The molecule has 1 amide bonds. The van der Waals surface area contributed by atoms with E-state index in [0.29, 0.717) is 66.8 Å². The summed E-state index contributed by atoms with van der Waals surface area (Å²) in [6.07, 6.45) is 0.418. The van der Waals surface area contributed by atoms with Crippen LogP contribution in [0.5, 0.6) is 11.5 Å². The van der Waals surface area contributed by atoms with Crippen molar-refractivity contribution < 1.29 is 14.3 Å². The highest BCUT2D eigenvalue weighted by Crippen LogP contribution is 2.34. The number of fused-ring (bicyclic) bond motifs is 1. The van der Waals surface area contributed by atoms with Crippen LogP contribution in [0.1, 0.15) is 11.1 Å². The highest BCUT2D eigenvalue weighted by Gasteiger charge is 2.23. The van der Waals surface area contributed by atoms with Crippen molar-refractivity contribution in [3.63, 3.8) is 0 Å². The Morgan fingerprint density at radius 3 is 2.29 bits per heavy atom. The van der Waals surface area contributed by atoms with Gasteiger partial charge in [0.05, 0.1) is 26.2 Å². The van der Waals surface area contributed by atoms with E-state index in [0.717, 1.165) is 5.56 Å². The molecular formula is C23H27N5O3. The summed E-state index contributed by atoms with van der Waals surface area (Å²) in [6, 6.07) is 11.7. The molecule has 4 rings (SSSR count). The second kappa shape index (κ2) is 8.67. The Balaban J connectivity index is 1.46. The van der Waals surface area contributed by atoms with Crippen LogP contribution in [0, 0.1) is 6.92 Å². The van der Waals surface area contributed by atoms with Crippen LogP contribution in [0.3, 0.4) is 0 Å². The first-order chi connectivity index (χ1) is 15.0. The summed E-state index contributed by atoms with van der Waals surface area (Å²) < 4.78 is 10.7. The Kier molecular flexibility index (Phi) is 5.79. The van der Waals surface area contributed by atoms with E-state index >= 15 is 0 Å². The van der Waals surface area contributed by atoms with Gasteiger partial charge in [0, 0.05) is 37.6 Å². The number of aromatic nitrogens is 2. The van der Waals surface area contributed by atoms with Crippen LogP contribution in [0.25, 0.3) is 10.9 Å². The summed E-state index contributed by atoms with van der Waals surface area (Å²) in [5.74, 6) is 2.25. The van der Waals surface area contributed by atoms with Gasteiger partial charge in [0.2, 0.25) is 11.9 Å². The van der Waals surface area contributed by atoms with E-state index in [1.165, 1.54) is 5.56 Å². The molecule has 1 aliphatic rings. The summed E-state index contributed by atoms with van der Waals surface area (Å²) >= 11 is 0. The maximum atomic E-state index is 12.7. The highest BCUT2D eigenvalue weighted by atomic mass is 16.5. The van der Waals surface area contributed by atoms with E-state index in [9.17, 15) is 4.79 Å². The molecule has 1 aliphatic heterocycles. The lowest BCUT2D eigenvalue weighted by atomic mass is 10.1. The van der Waals surface area contributed by atoms with Gasteiger partial charge in [0.15, 0.2) is 11.5 Å². The van der Waals surface area contributed by atoms with Gasteiger partial charge >= 0.3 is 0 Å². The Bertz CT molecular complexity index is 1090. The van der Waals surface area contributed by atoms with E-state index < -0.39 is 0 Å². The van der Waals surface area contributed by atoms with Crippen molar-refractivity contribution in [3.05, 3.63) is 47.5 Å². The van der Waals surface area contributed by atoms with Gasteiger partial charge in [-0.05, 0) is 18.6 Å². The number of hydrogen-bond acceptors (Lipinski definition) is 7. The van der Waals surface area contributed by atoms with Crippen molar-refractivity contribution in [2.45, 2.75) is 13.3 Å². The third-order valence-electron chi connectivity index (χ3n) is 5.61. The van der Waals surface area contributed by atoms with Gasteiger partial charge in [-0.1, -0.05) is 29.8 Å². The monoisotopic (exact) mass is 421 g/mol. The fourth-order valence-corrected chi connectivity index (χ4v) is 3.76. The number of piperazine rings is 1. The SMILES string of the molecule is COc1cc2nc(N3CCN(C(=O)Cc4ccc(C)cc4)CC3)nc(N)c2cc1OC. The van der Waals surface area contributed by atoms with Gasteiger partial charge in [-0.25, -0.2) is 4.98 Å². The summed E-state index contributed by atoms with van der Waals surface area (Å²) in [7, 11) is 3.16. The molecule has 0 spiro atoms. The number of amides is 1. The first kappa shape index (κ1) is 20.7. The molecule has 8 heteroatoms. The fraction of sp³-hybridized carbons (Fsp3) is 0.348. The maximum Gasteiger partial charge on any atom is 0.228 e. The minimum atomic E-state index is 0.138. The molecule has 0 unspecified atom stereocenters. The average Bonchev–Trinajstić information content (AvgIpc) is 2.79. The predicted octanol–water partition coefficient (Wildman–Crippen LogP) is 2.43. The average molecular weight is 422 g/mol. The van der Waals surface area contributed by atoms with Crippen LogP contribution in [0.15, 0.2) is 36.4 Å². The number of carbonyl (C=O) groups is 1. The van der Waals surface area contributed by atoms with Gasteiger partial charge in [-0.3, -0.25) is 4.79 Å². The predicted molar refractivity (Wildman–Crippen MR) is 121 cm³/mol. The van der Waals surface area contributed by atoms with Crippen LogP contribution >= 0.6 is 0 Å². The van der Waals surface area contributed by atoms with Crippen LogP contribution in [0.4, 0.5) is 11.8 Å². The van der Waals surface area contributed by atoms with Crippen molar-refractivity contribution in [2.24, 2.45) is 0 Å². The van der Waals surface area contributed by atoms with Crippen LogP contribution in [-0.2, 0) is 11.2 Å². The molecule has 2 aromatic carbocycles. The Labute approximate surface area is 181 Å². The number of hydrogen-bond donors (Lipinski definition) is 1. The maximum absolute atomic E-state index is 12.7. The molecule has 2 N–H and O–H groups in total. The van der Waals surface area contributed by atoms with E-state index in [4.69, 9.17) is 15.2 Å². The second-order valence-corrected chi connectivity index (χ2v) is 7.66. The quantitative estimate of drug-likeness (QED) is 0.676. The van der Waals surface area contributed by atoms with E-state index in [2.05, 4.69) is 14.9 Å². The van der Waals surface area contributed by atoms with Gasteiger partial charge in [-0.15, -0.1) is 0 Å². The third-order valence-corrected chi connectivity index (χ3v) is 5.61. The summed E-state index contributed by atoms with van der Waals surface area (Å²) in [5, 5.41) is 0.716. The van der Waals surface area contributed by atoms with E-state index in [1.807, 2.05) is 36.1 Å². The zero-order valence-electron chi connectivity index (χ0n) is 18.1. The number of nitrogens with two attached hydrogens (primary N) is 1. The van der Waals surface area contributed by atoms with Crippen LogP contribution < -0.4 is 20.1 Å². The Morgan fingerprint density at radius 1 is 1.00 bits per heavy atom. The summed E-state index contributed by atoms with van der Waals surface area (Å²) in [6.45, 7) is 4.59. The van der Waals surface area contributed by atoms with E-state index in [1.54, 1.807) is 26.4 Å². The number of rotatable bonds is 5. The molecule has 1 aromatic heterocycles. The molecule has 0 aliphatic carbocycles. The van der Waals surface area contributed by atoms with Gasteiger partial charge < -0.3 is 25.0 Å². The lowest BCUT2D eigenvalue weighted by Gasteiger charge is -2.35. The van der Waals surface area contributed by atoms with Crippen molar-refractivity contribution in [3.8, 4) is 11.5 Å². The van der Waals surface area contributed by atoms with Crippen molar-refractivity contribution in [1.82, 2.24) is 14.9 Å². The molecule has 0 radical (unpaired) electrons. The number of methoxy groups -OCH3 is 2. The van der Waals surface area contributed by atoms with Gasteiger partial charge in [0.25, 0.3) is 0 Å². The first-order valence-electron chi connectivity index (χ1n) is 10.3. The van der Waals surface area contributed by atoms with Crippen molar-refractivity contribution >= 4 is 28.6 Å². The summed E-state index contributed by atoms with van der Waals surface area (Å²) in [5.41, 5.74) is 9.13. The molecular weight excluding hydrogens is 394 g/mol. The second-order valence-electron chi connectivity index (χ2n) is 7.66. The number of anilines is 2. The number of aryl methyl sites for hydroxylation is 1. The fourth-order valence-electron chi connectivity index (χ4n) is 3.76. The van der Waals surface area contributed by atoms with Gasteiger partial charge in [0.1, 0.15) is 5.82 Å². The number of nitrogen functional groups attached to an aromatic ring is 1. The smallest absolute Gasteiger partial charge is 0.228 e. The number of ether oxygens (including phenoxy) is 2. The number of benzene rings is 2. The molecule has 1 saturated heterocycles. The third kappa shape index (κ3) is 4.33. The summed E-state index contributed by atoms with van der Waals surface area (Å²) in [4.78, 5) is 25.8. The van der Waals surface area contributed by atoms with E-state index in [-0.39, 0.29) is 5.91 Å². The molecule has 162 valence electrons. The standard InChI is InChI=1S/C23H27N5O3/c1-15-4-6-16(7-5-15)12-21(29)27-8-10-28(11-9-27)23-25-18-14-20(31-3)19(30-2)13-17(18)22(24)26-23/h4-7,13-14H,8-12H2,1-3H3,(H2,24,25,26). The molecule has 8 nitrogen and oxygen atoms in total. The van der Waals surface area contributed by atoms with Gasteiger partial charge in [-0.2, -0.15) is 4.98 Å². The molecule has 1 fully saturated rings. The Hall–Kier alpha value is -3.55. The van der Waals surface area contributed by atoms with Crippen LogP contribution in [-0.4, -0.2) is 61.2 Å². The first-order valence-corrected chi connectivity index (χ1v) is 10.3. The number of nitrogens with zero attached hydrogens (tertiary/aromatic N) is 4. The molecule has 0 bridgehead atoms. The zero-order valence-corrected chi connectivity index (χ0v) is 18.1. The lowest BCUT2D eigenvalue weighted by Crippen LogP contribution is -2.49. The normalized spacial score (nSPS) is 14.0. The van der Waals surface area contributed by atoms with Crippen molar-refractivity contribution in [2.75, 3.05) is 51.0 Å². The minimum Gasteiger partial charge on any atom is -0.493 e. The lowest BCUT2D eigenvalue weighted by molar-refractivity contribution is -0.130.